The first-order chi connectivity index (χ1) is 8.29. The molecule has 0 radical (unpaired) electrons. The van der Waals surface area contributed by atoms with E-state index in [1.807, 2.05) is 0 Å². The van der Waals surface area contributed by atoms with Crippen molar-refractivity contribution in [3.8, 4) is 0 Å². The first kappa shape index (κ1) is 12.6. The Morgan fingerprint density at radius 1 is 1.18 bits per heavy atom. The molecule has 0 bridgehead atoms. The van der Waals surface area contributed by atoms with Crippen LogP contribution >= 0.6 is 0 Å². The molecule has 0 aliphatic heterocycles. The number of hydrogen-bond donors (Lipinski definition) is 1. The predicted molar refractivity (Wildman–Crippen MR) is 73.1 cm³/mol. The number of hydrogen-bond acceptors (Lipinski definition) is 2. The van der Waals surface area contributed by atoms with Gasteiger partial charge in [-0.25, -0.2) is 0 Å². The third kappa shape index (κ3) is 3.55. The Balaban J connectivity index is 1.86. The second-order valence-electron chi connectivity index (χ2n) is 5.19. The predicted octanol–water partition coefficient (Wildman–Crippen LogP) is 2.35. The van der Waals surface area contributed by atoms with Crippen molar-refractivity contribution in [3.05, 3.63) is 34.9 Å². The molecule has 0 amide bonds. The molecular weight excluding hydrogens is 208 g/mol. The van der Waals surface area contributed by atoms with Crippen molar-refractivity contribution in [2.24, 2.45) is 5.73 Å². The summed E-state index contributed by atoms with van der Waals surface area (Å²) in [4.78, 5) is 2.40. The third-order valence-corrected chi connectivity index (χ3v) is 3.61. The monoisotopic (exact) mass is 232 g/mol. The van der Waals surface area contributed by atoms with Gasteiger partial charge in [0.05, 0.1) is 0 Å². The molecule has 2 rings (SSSR count). The van der Waals surface area contributed by atoms with Crippen LogP contribution in [0.1, 0.15) is 36.0 Å². The quantitative estimate of drug-likeness (QED) is 0.763. The summed E-state index contributed by atoms with van der Waals surface area (Å²) < 4.78 is 0. The Morgan fingerprint density at radius 2 is 2.00 bits per heavy atom. The molecule has 0 spiro atoms. The fourth-order valence-corrected chi connectivity index (χ4v) is 2.64. The molecular formula is C15H24N2. The standard InChI is InChI=1S/C15H24N2/c1-17(10-3-2-9-16)12-13-7-8-14-5-4-6-15(14)11-13/h7-8,11H,2-6,9-10,12,16H2,1H3. The highest BCUT2D eigenvalue weighted by molar-refractivity contribution is 5.35. The third-order valence-electron chi connectivity index (χ3n) is 3.61. The zero-order valence-corrected chi connectivity index (χ0v) is 10.9. The van der Waals surface area contributed by atoms with Gasteiger partial charge in [0.2, 0.25) is 0 Å². The van der Waals surface area contributed by atoms with Crippen molar-refractivity contribution in [3.63, 3.8) is 0 Å². The van der Waals surface area contributed by atoms with E-state index in [-0.39, 0.29) is 0 Å². The van der Waals surface area contributed by atoms with Crippen LogP contribution < -0.4 is 5.73 Å². The molecule has 1 aromatic carbocycles. The van der Waals surface area contributed by atoms with E-state index in [1.54, 1.807) is 11.1 Å². The second-order valence-corrected chi connectivity index (χ2v) is 5.19. The van der Waals surface area contributed by atoms with Gasteiger partial charge in [0.25, 0.3) is 0 Å². The van der Waals surface area contributed by atoms with Gasteiger partial charge in [-0.2, -0.15) is 0 Å². The van der Waals surface area contributed by atoms with Crippen molar-refractivity contribution in [1.29, 1.82) is 0 Å². The smallest absolute Gasteiger partial charge is 0.0230 e. The van der Waals surface area contributed by atoms with Crippen LogP contribution in [-0.4, -0.2) is 25.0 Å². The van der Waals surface area contributed by atoms with E-state index >= 15 is 0 Å². The van der Waals surface area contributed by atoms with Gasteiger partial charge in [-0.05, 0) is 68.9 Å². The molecule has 2 N–H and O–H groups in total. The Hall–Kier alpha value is -0.860. The Bertz CT molecular complexity index is 360. The number of fused-ring (bicyclic) bond motifs is 1. The van der Waals surface area contributed by atoms with E-state index in [4.69, 9.17) is 5.73 Å². The van der Waals surface area contributed by atoms with E-state index in [1.165, 1.54) is 31.2 Å². The van der Waals surface area contributed by atoms with Crippen molar-refractivity contribution < 1.29 is 0 Å². The number of nitrogens with two attached hydrogens (primary N) is 1. The fourth-order valence-electron chi connectivity index (χ4n) is 2.64. The summed E-state index contributed by atoms with van der Waals surface area (Å²) in [6, 6.07) is 7.02. The average molecular weight is 232 g/mol. The van der Waals surface area contributed by atoms with Gasteiger partial charge in [-0.3, -0.25) is 0 Å². The summed E-state index contributed by atoms with van der Waals surface area (Å²) in [5.41, 5.74) is 10.1. The molecule has 2 nitrogen and oxygen atoms in total. The lowest BCUT2D eigenvalue weighted by atomic mass is 10.1. The lowest BCUT2D eigenvalue weighted by Crippen LogP contribution is -2.19. The van der Waals surface area contributed by atoms with Gasteiger partial charge in [-0.15, -0.1) is 0 Å². The van der Waals surface area contributed by atoms with Crippen LogP contribution in [0, 0.1) is 0 Å². The molecule has 1 aliphatic rings. The van der Waals surface area contributed by atoms with E-state index in [0.717, 1.165) is 26.1 Å². The SMILES string of the molecule is CN(CCCCN)Cc1ccc2c(c1)CCC2. The largest absolute Gasteiger partial charge is 0.330 e. The maximum Gasteiger partial charge on any atom is 0.0230 e. The Kier molecular flexibility index (Phi) is 4.57. The number of nitrogens with zero attached hydrogens (tertiary/aromatic N) is 1. The lowest BCUT2D eigenvalue weighted by molar-refractivity contribution is 0.319. The van der Waals surface area contributed by atoms with Crippen molar-refractivity contribution in [1.82, 2.24) is 4.90 Å². The molecule has 1 aliphatic carbocycles. The van der Waals surface area contributed by atoms with E-state index < -0.39 is 0 Å². The minimum Gasteiger partial charge on any atom is -0.330 e. The normalized spacial score (nSPS) is 14.3. The summed E-state index contributed by atoms with van der Waals surface area (Å²) in [5.74, 6) is 0. The van der Waals surface area contributed by atoms with E-state index in [9.17, 15) is 0 Å². The summed E-state index contributed by atoms with van der Waals surface area (Å²) in [6.07, 6.45) is 6.24. The highest BCUT2D eigenvalue weighted by atomic mass is 15.1. The van der Waals surface area contributed by atoms with Crippen molar-refractivity contribution in [2.45, 2.75) is 38.6 Å². The first-order valence-electron chi connectivity index (χ1n) is 6.79. The molecule has 0 heterocycles. The molecule has 0 saturated heterocycles. The summed E-state index contributed by atoms with van der Waals surface area (Å²) in [7, 11) is 2.20. The average Bonchev–Trinajstić information content (AvgIpc) is 2.76. The van der Waals surface area contributed by atoms with Gasteiger partial charge in [0.1, 0.15) is 0 Å². The minimum absolute atomic E-state index is 0.812. The van der Waals surface area contributed by atoms with Crippen LogP contribution in [0.25, 0.3) is 0 Å². The van der Waals surface area contributed by atoms with Gasteiger partial charge < -0.3 is 10.6 Å². The highest BCUT2D eigenvalue weighted by Crippen LogP contribution is 2.23. The zero-order chi connectivity index (χ0) is 12.1. The van der Waals surface area contributed by atoms with Crippen LogP contribution in [-0.2, 0) is 19.4 Å². The van der Waals surface area contributed by atoms with Crippen LogP contribution in [0.3, 0.4) is 0 Å². The topological polar surface area (TPSA) is 29.3 Å². The maximum absolute atomic E-state index is 5.51. The lowest BCUT2D eigenvalue weighted by Gasteiger charge is -2.17. The van der Waals surface area contributed by atoms with Crippen molar-refractivity contribution in [2.75, 3.05) is 20.1 Å². The Labute approximate surface area is 105 Å². The van der Waals surface area contributed by atoms with Gasteiger partial charge in [0.15, 0.2) is 0 Å². The molecule has 0 unspecified atom stereocenters. The van der Waals surface area contributed by atoms with Gasteiger partial charge in [-0.1, -0.05) is 18.2 Å². The van der Waals surface area contributed by atoms with Crippen LogP contribution in [0.5, 0.6) is 0 Å². The van der Waals surface area contributed by atoms with Crippen LogP contribution in [0.15, 0.2) is 18.2 Å². The molecule has 0 saturated carbocycles. The molecule has 2 heteroatoms. The molecule has 0 aromatic heterocycles. The number of unbranched alkanes of at least 4 members (excludes halogenated alkanes) is 1. The van der Waals surface area contributed by atoms with E-state index in [0.29, 0.717) is 0 Å². The fraction of sp³-hybridized carbons (Fsp3) is 0.600. The molecule has 0 atom stereocenters. The molecule has 1 aromatic rings. The highest BCUT2D eigenvalue weighted by Gasteiger charge is 2.11. The number of benzene rings is 1. The van der Waals surface area contributed by atoms with Gasteiger partial charge >= 0.3 is 0 Å². The molecule has 0 fully saturated rings. The molecule has 94 valence electrons. The first-order valence-corrected chi connectivity index (χ1v) is 6.79. The minimum atomic E-state index is 0.812. The van der Waals surface area contributed by atoms with E-state index in [2.05, 4.69) is 30.1 Å². The Morgan fingerprint density at radius 3 is 2.82 bits per heavy atom. The summed E-state index contributed by atoms with van der Waals surface area (Å²) in [6.45, 7) is 3.03. The zero-order valence-electron chi connectivity index (χ0n) is 10.9. The number of rotatable bonds is 6. The van der Waals surface area contributed by atoms with Crippen LogP contribution in [0.4, 0.5) is 0 Å². The van der Waals surface area contributed by atoms with Gasteiger partial charge in [0, 0.05) is 6.54 Å². The van der Waals surface area contributed by atoms with Crippen LogP contribution in [0.2, 0.25) is 0 Å². The second kappa shape index (κ2) is 6.18. The molecule has 17 heavy (non-hydrogen) atoms. The summed E-state index contributed by atoms with van der Waals surface area (Å²) in [5, 5.41) is 0. The summed E-state index contributed by atoms with van der Waals surface area (Å²) >= 11 is 0. The maximum atomic E-state index is 5.51. The number of aryl methyl sites for hydroxylation is 2. The van der Waals surface area contributed by atoms with Crippen molar-refractivity contribution >= 4 is 0 Å².